The third-order valence-corrected chi connectivity index (χ3v) is 3.26. The van der Waals surface area contributed by atoms with Crippen LogP contribution in [-0.4, -0.2) is 33.4 Å². The average molecular weight is 250 g/mol. The summed E-state index contributed by atoms with van der Waals surface area (Å²) in [4.78, 5) is 2.23. The van der Waals surface area contributed by atoms with Crippen molar-refractivity contribution in [2.45, 2.75) is 13.8 Å². The Labute approximate surface area is 109 Å². The van der Waals surface area contributed by atoms with Crippen molar-refractivity contribution in [3.05, 3.63) is 17.7 Å². The predicted octanol–water partition coefficient (Wildman–Crippen LogP) is 1.80. The summed E-state index contributed by atoms with van der Waals surface area (Å²) in [5.74, 6) is 2.17. The Bertz CT molecular complexity index is 421. The molecule has 4 nitrogen and oxygen atoms in total. The van der Waals surface area contributed by atoms with Crippen LogP contribution in [-0.2, 0) is 0 Å². The van der Waals surface area contributed by atoms with Crippen molar-refractivity contribution in [3.8, 4) is 11.5 Å². The maximum Gasteiger partial charge on any atom is 0.163 e. The Morgan fingerprint density at radius 1 is 1.28 bits per heavy atom. The number of nitrogens with two attached hydrogens (primary N) is 1. The minimum Gasteiger partial charge on any atom is -0.486 e. The molecule has 4 heteroatoms. The summed E-state index contributed by atoms with van der Waals surface area (Å²) in [5, 5.41) is 0. The second-order valence-corrected chi connectivity index (χ2v) is 5.00. The molecule has 18 heavy (non-hydrogen) atoms. The zero-order valence-electron chi connectivity index (χ0n) is 11.4. The number of hydrogen-bond acceptors (Lipinski definition) is 4. The van der Waals surface area contributed by atoms with E-state index < -0.39 is 0 Å². The molecule has 0 amide bonds. The quantitative estimate of drug-likeness (QED) is 0.885. The Hall–Kier alpha value is -1.42. The molecule has 0 fully saturated rings. The lowest BCUT2D eigenvalue weighted by Crippen LogP contribution is -2.29. The lowest BCUT2D eigenvalue weighted by Gasteiger charge is -2.27. The van der Waals surface area contributed by atoms with Crippen LogP contribution in [0.25, 0.3) is 0 Å². The van der Waals surface area contributed by atoms with Crippen LogP contribution >= 0.6 is 0 Å². The van der Waals surface area contributed by atoms with Gasteiger partial charge in [-0.2, -0.15) is 0 Å². The number of fused-ring (bicyclic) bond motifs is 1. The summed E-state index contributed by atoms with van der Waals surface area (Å²) in [7, 11) is 2.09. The second kappa shape index (κ2) is 5.48. The van der Waals surface area contributed by atoms with Gasteiger partial charge in [0.15, 0.2) is 11.5 Å². The summed E-state index contributed by atoms with van der Waals surface area (Å²) in [5.41, 5.74) is 8.06. The van der Waals surface area contributed by atoms with Crippen LogP contribution in [0.3, 0.4) is 0 Å². The second-order valence-electron chi connectivity index (χ2n) is 5.00. The van der Waals surface area contributed by atoms with E-state index in [4.69, 9.17) is 15.2 Å². The van der Waals surface area contributed by atoms with E-state index in [2.05, 4.69) is 31.9 Å². The van der Waals surface area contributed by atoms with E-state index in [9.17, 15) is 0 Å². The monoisotopic (exact) mass is 250 g/mol. The number of benzene rings is 1. The number of hydrogen-bond donors (Lipinski definition) is 1. The molecule has 0 saturated heterocycles. The van der Waals surface area contributed by atoms with E-state index in [0.29, 0.717) is 25.7 Å². The fourth-order valence-electron chi connectivity index (χ4n) is 2.23. The van der Waals surface area contributed by atoms with Gasteiger partial charge in [-0.05, 0) is 31.0 Å². The zero-order chi connectivity index (χ0) is 13.1. The highest BCUT2D eigenvalue weighted by Crippen LogP contribution is 2.36. The maximum atomic E-state index is 5.68. The van der Waals surface area contributed by atoms with Crippen LogP contribution in [0.5, 0.6) is 11.5 Å². The van der Waals surface area contributed by atoms with Gasteiger partial charge in [-0.25, -0.2) is 0 Å². The molecule has 1 aromatic rings. The van der Waals surface area contributed by atoms with Gasteiger partial charge in [0.05, 0.1) is 0 Å². The molecule has 0 bridgehead atoms. The molecule has 1 unspecified atom stereocenters. The van der Waals surface area contributed by atoms with E-state index in [1.807, 2.05) is 6.07 Å². The van der Waals surface area contributed by atoms with Crippen LogP contribution in [0.2, 0.25) is 0 Å². The molecule has 0 aliphatic carbocycles. The van der Waals surface area contributed by atoms with Crippen LogP contribution < -0.4 is 20.1 Å². The van der Waals surface area contributed by atoms with Crippen molar-refractivity contribution in [1.82, 2.24) is 0 Å². The van der Waals surface area contributed by atoms with E-state index in [1.165, 1.54) is 11.3 Å². The van der Waals surface area contributed by atoms with E-state index in [1.54, 1.807) is 0 Å². The third kappa shape index (κ3) is 2.70. The van der Waals surface area contributed by atoms with Crippen LogP contribution in [0, 0.1) is 12.8 Å². The molecule has 1 aromatic carbocycles. The zero-order valence-corrected chi connectivity index (χ0v) is 11.4. The van der Waals surface area contributed by atoms with Crippen molar-refractivity contribution >= 4 is 5.69 Å². The minimum absolute atomic E-state index is 0.475. The molecule has 0 spiro atoms. The highest BCUT2D eigenvalue weighted by molar-refractivity contribution is 5.61. The standard InChI is InChI=1S/C14H22N2O2/c1-10(8-15)9-16(3)12-7-14-13(6-11(12)2)17-4-5-18-14/h6-7,10H,4-5,8-9,15H2,1-3H3. The Morgan fingerprint density at radius 2 is 1.89 bits per heavy atom. The van der Waals surface area contributed by atoms with Gasteiger partial charge in [0, 0.05) is 25.3 Å². The van der Waals surface area contributed by atoms with Crippen molar-refractivity contribution in [1.29, 1.82) is 0 Å². The molecule has 100 valence electrons. The molecule has 0 radical (unpaired) electrons. The fourth-order valence-corrected chi connectivity index (χ4v) is 2.23. The van der Waals surface area contributed by atoms with Crippen molar-refractivity contribution in [2.24, 2.45) is 11.7 Å². The van der Waals surface area contributed by atoms with Crippen molar-refractivity contribution in [2.75, 3.05) is 38.3 Å². The van der Waals surface area contributed by atoms with Gasteiger partial charge in [0.1, 0.15) is 13.2 Å². The van der Waals surface area contributed by atoms with Gasteiger partial charge < -0.3 is 20.1 Å². The number of ether oxygens (including phenoxy) is 2. The molecule has 1 aliphatic heterocycles. The molecule has 2 N–H and O–H groups in total. The van der Waals surface area contributed by atoms with Gasteiger partial charge in [0.25, 0.3) is 0 Å². The first kappa shape index (κ1) is 13.0. The first-order valence-electron chi connectivity index (χ1n) is 6.43. The fraction of sp³-hybridized carbons (Fsp3) is 0.571. The molecule has 0 aromatic heterocycles. The highest BCUT2D eigenvalue weighted by Gasteiger charge is 2.16. The number of anilines is 1. The average Bonchev–Trinajstić information content (AvgIpc) is 2.37. The summed E-state index contributed by atoms with van der Waals surface area (Å²) in [6.45, 7) is 7.15. The molecule has 1 heterocycles. The molecular weight excluding hydrogens is 228 g/mol. The van der Waals surface area contributed by atoms with Gasteiger partial charge in [-0.15, -0.1) is 0 Å². The van der Waals surface area contributed by atoms with E-state index in [0.717, 1.165) is 18.0 Å². The minimum atomic E-state index is 0.475. The van der Waals surface area contributed by atoms with Gasteiger partial charge >= 0.3 is 0 Å². The number of rotatable bonds is 4. The molecule has 2 rings (SSSR count). The van der Waals surface area contributed by atoms with E-state index in [-0.39, 0.29) is 0 Å². The Balaban J connectivity index is 2.22. The molecule has 1 aliphatic rings. The Morgan fingerprint density at radius 3 is 2.50 bits per heavy atom. The predicted molar refractivity (Wildman–Crippen MR) is 73.7 cm³/mol. The lowest BCUT2D eigenvalue weighted by molar-refractivity contribution is 0.171. The van der Waals surface area contributed by atoms with Crippen molar-refractivity contribution < 1.29 is 9.47 Å². The third-order valence-electron chi connectivity index (χ3n) is 3.26. The number of aryl methyl sites for hydroxylation is 1. The van der Waals surface area contributed by atoms with Crippen LogP contribution in [0.4, 0.5) is 5.69 Å². The summed E-state index contributed by atoms with van der Waals surface area (Å²) in [6, 6.07) is 4.11. The first-order chi connectivity index (χ1) is 8.61. The van der Waals surface area contributed by atoms with E-state index >= 15 is 0 Å². The van der Waals surface area contributed by atoms with Gasteiger partial charge in [-0.3, -0.25) is 0 Å². The lowest BCUT2D eigenvalue weighted by atomic mass is 10.1. The van der Waals surface area contributed by atoms with Crippen LogP contribution in [0.1, 0.15) is 12.5 Å². The summed E-state index contributed by atoms with van der Waals surface area (Å²) >= 11 is 0. The normalized spacial score (nSPS) is 15.3. The molecule has 1 atom stereocenters. The SMILES string of the molecule is Cc1cc2c(cc1N(C)CC(C)CN)OCCO2. The smallest absolute Gasteiger partial charge is 0.163 e. The molecule has 0 saturated carbocycles. The highest BCUT2D eigenvalue weighted by atomic mass is 16.6. The summed E-state index contributed by atoms with van der Waals surface area (Å²) in [6.07, 6.45) is 0. The van der Waals surface area contributed by atoms with Crippen molar-refractivity contribution in [3.63, 3.8) is 0 Å². The summed E-state index contributed by atoms with van der Waals surface area (Å²) < 4.78 is 11.2. The molecular formula is C14H22N2O2. The Kier molecular flexibility index (Phi) is 3.97. The van der Waals surface area contributed by atoms with Crippen LogP contribution in [0.15, 0.2) is 12.1 Å². The largest absolute Gasteiger partial charge is 0.486 e. The van der Waals surface area contributed by atoms with Gasteiger partial charge in [0.2, 0.25) is 0 Å². The first-order valence-corrected chi connectivity index (χ1v) is 6.43. The van der Waals surface area contributed by atoms with Gasteiger partial charge in [-0.1, -0.05) is 6.92 Å². The number of nitrogens with zero attached hydrogens (tertiary/aromatic N) is 1. The topological polar surface area (TPSA) is 47.7 Å². The maximum absolute atomic E-state index is 5.68.